The molecule has 2 fully saturated rings. The molecule has 146 valence electrons. The highest BCUT2D eigenvalue weighted by atomic mass is 16.3. The molecule has 6 heteroatoms. The van der Waals surface area contributed by atoms with E-state index < -0.39 is 0 Å². The Bertz CT molecular complexity index is 711. The molecule has 2 aliphatic rings. The molecule has 0 aromatic heterocycles. The zero-order valence-electron chi connectivity index (χ0n) is 17.2. The van der Waals surface area contributed by atoms with Crippen molar-refractivity contribution in [2.45, 2.75) is 65.7 Å². The molecule has 3 rings (SSSR count). The summed E-state index contributed by atoms with van der Waals surface area (Å²) in [5.74, 6) is 0.212. The van der Waals surface area contributed by atoms with Crippen LogP contribution in [0.3, 0.4) is 0 Å². The third-order valence-corrected chi connectivity index (χ3v) is 6.44. The van der Waals surface area contributed by atoms with Crippen LogP contribution in [0.4, 0.5) is 5.69 Å². The Hall–Kier alpha value is -1.40. The first-order chi connectivity index (χ1) is 12.3. The summed E-state index contributed by atoms with van der Waals surface area (Å²) in [5.41, 5.74) is 0.559. The molecule has 0 aliphatic carbocycles. The Kier molecular flexibility index (Phi) is 5.45. The highest BCUT2D eigenvalue weighted by Crippen LogP contribution is 2.26. The molecule has 0 radical (unpaired) electrons. The summed E-state index contributed by atoms with van der Waals surface area (Å²) in [5, 5.41) is 11.3. The minimum atomic E-state index is 0.0243. The van der Waals surface area contributed by atoms with E-state index in [-0.39, 0.29) is 11.2 Å². The van der Waals surface area contributed by atoms with E-state index in [0.29, 0.717) is 35.2 Å². The smallest absolute Gasteiger partial charge is 0.294 e. The van der Waals surface area contributed by atoms with E-state index in [1.807, 2.05) is 0 Å². The lowest BCUT2D eigenvalue weighted by molar-refractivity contribution is 0.109. The summed E-state index contributed by atoms with van der Waals surface area (Å²) in [6, 6.07) is 1.53. The van der Waals surface area contributed by atoms with Gasteiger partial charge in [0.1, 0.15) is 5.69 Å². The molecule has 2 aliphatic heterocycles. The number of hydrogen-bond donors (Lipinski definition) is 1. The lowest BCUT2D eigenvalue weighted by Crippen LogP contribution is -2.62. The number of rotatable bonds is 3. The van der Waals surface area contributed by atoms with Crippen molar-refractivity contribution in [3.05, 3.63) is 15.6 Å². The Morgan fingerprint density at radius 3 is 1.81 bits per heavy atom. The summed E-state index contributed by atoms with van der Waals surface area (Å²) in [6.07, 6.45) is 0. The molecule has 1 aromatic rings. The van der Waals surface area contributed by atoms with Gasteiger partial charge in [-0.3, -0.25) is 14.6 Å². The molecular weight excluding hydrogens is 328 g/mol. The molecule has 1 aromatic carbocycles. The number of aromatic hydroxyl groups is 1. The molecule has 4 unspecified atom stereocenters. The molecule has 26 heavy (non-hydrogen) atoms. The molecule has 4 atom stereocenters. The zero-order chi connectivity index (χ0) is 19.2. The number of hydrogen-bond acceptors (Lipinski definition) is 5. The molecule has 0 amide bonds. The Morgan fingerprint density at radius 2 is 1.38 bits per heavy atom. The van der Waals surface area contributed by atoms with Crippen LogP contribution in [0.5, 0.6) is 5.75 Å². The first kappa shape index (κ1) is 19.4. The van der Waals surface area contributed by atoms with Crippen molar-refractivity contribution in [1.29, 1.82) is 0 Å². The third-order valence-electron chi connectivity index (χ3n) is 6.44. The van der Waals surface area contributed by atoms with Crippen molar-refractivity contribution in [2.75, 3.05) is 44.2 Å². The number of anilines is 1. The summed E-state index contributed by atoms with van der Waals surface area (Å²) in [6.45, 7) is 18.4. The van der Waals surface area contributed by atoms with E-state index in [9.17, 15) is 9.90 Å². The predicted molar refractivity (Wildman–Crippen MR) is 107 cm³/mol. The maximum absolute atomic E-state index is 12.9. The molecule has 2 saturated heterocycles. The van der Waals surface area contributed by atoms with Crippen molar-refractivity contribution in [3.8, 4) is 5.75 Å². The van der Waals surface area contributed by atoms with Gasteiger partial charge in [0.15, 0.2) is 13.1 Å². The fourth-order valence-corrected chi connectivity index (χ4v) is 5.29. The number of likely N-dealkylation sites (N-methyl/N-ethyl adjacent to an activating group) is 2. The van der Waals surface area contributed by atoms with Crippen molar-refractivity contribution >= 4 is 5.69 Å². The van der Waals surface area contributed by atoms with Crippen LogP contribution in [-0.4, -0.2) is 78.3 Å². The fourth-order valence-electron chi connectivity index (χ4n) is 5.29. The topological polar surface area (TPSA) is 50.0 Å². The normalized spacial score (nSPS) is 31.8. The lowest BCUT2D eigenvalue weighted by Gasteiger charge is -2.45. The average Bonchev–Trinajstić information content (AvgIpc) is 2.54. The van der Waals surface area contributed by atoms with E-state index in [0.717, 1.165) is 39.3 Å². The maximum atomic E-state index is 12.9. The summed E-state index contributed by atoms with van der Waals surface area (Å²) in [4.78, 5) is 19.9. The first-order valence-corrected chi connectivity index (χ1v) is 10.2. The number of nitrogens with zero attached hydrogens (tertiary/aromatic N) is 4. The second-order valence-corrected chi connectivity index (χ2v) is 8.24. The Morgan fingerprint density at radius 1 is 0.923 bits per heavy atom. The molecule has 6 nitrogen and oxygen atoms in total. The van der Waals surface area contributed by atoms with E-state index in [4.69, 9.17) is 0 Å². The minimum absolute atomic E-state index is 0.0243. The van der Waals surface area contributed by atoms with Gasteiger partial charge in [-0.1, -0.05) is 13.8 Å². The molecule has 2 heterocycles. The van der Waals surface area contributed by atoms with E-state index in [1.54, 1.807) is 0 Å². The van der Waals surface area contributed by atoms with Gasteiger partial charge in [-0.15, -0.1) is 0 Å². The molecule has 0 saturated carbocycles. The van der Waals surface area contributed by atoms with Gasteiger partial charge in [0.2, 0.25) is 5.75 Å². The highest BCUT2D eigenvalue weighted by Gasteiger charge is 2.38. The van der Waals surface area contributed by atoms with Crippen LogP contribution in [0, 0.1) is 0 Å². The van der Waals surface area contributed by atoms with Crippen molar-refractivity contribution in [2.24, 2.45) is 0 Å². The second kappa shape index (κ2) is 7.31. The quantitative estimate of drug-likeness (QED) is 0.790. The van der Waals surface area contributed by atoms with Gasteiger partial charge in [-0.05, 0) is 40.8 Å². The third kappa shape index (κ3) is 3.07. The monoisotopic (exact) mass is 363 g/mol. The van der Waals surface area contributed by atoms with Gasteiger partial charge >= 0.3 is 0 Å². The van der Waals surface area contributed by atoms with Crippen LogP contribution in [0.25, 0.3) is 0 Å². The zero-order valence-corrected chi connectivity index (χ0v) is 17.2. The average molecular weight is 364 g/mol. The van der Waals surface area contributed by atoms with Gasteiger partial charge in [0.05, 0.1) is 12.1 Å². The largest absolute Gasteiger partial charge is 0.501 e. The van der Waals surface area contributed by atoms with Gasteiger partial charge < -0.3 is 10.0 Å². The van der Waals surface area contributed by atoms with Crippen LogP contribution in [0.1, 0.15) is 41.5 Å². The van der Waals surface area contributed by atoms with Crippen molar-refractivity contribution < 1.29 is 5.11 Å². The Balaban J connectivity index is 1.88. The van der Waals surface area contributed by atoms with Gasteiger partial charge in [0, 0.05) is 25.2 Å². The molecule has 1 N–H and O–H groups in total. The number of piperazine rings is 2. The molecule has 0 bridgehead atoms. The van der Waals surface area contributed by atoms with E-state index in [1.165, 1.54) is 0 Å². The van der Waals surface area contributed by atoms with Crippen LogP contribution >= 0.6 is 0 Å². The van der Waals surface area contributed by atoms with E-state index >= 15 is 0 Å². The standard InChI is InChI=1S/C20H34N4O2/c1-7-23-13(3)9-21(10-14(23)4)17-19(25)18(20(17)26)22-11-15(5)24(8-2)16(6)12-22/h13-16H,7-12H2,1-6H3/p+1. The lowest BCUT2D eigenvalue weighted by atomic mass is 10.0. The van der Waals surface area contributed by atoms with E-state index in [2.05, 4.69) is 60.8 Å². The fraction of sp³-hybridized carbons (Fsp3) is 0.800. The van der Waals surface area contributed by atoms with Gasteiger partial charge in [-0.2, -0.15) is 0 Å². The highest BCUT2D eigenvalue weighted by molar-refractivity contribution is 5.63. The first-order valence-electron chi connectivity index (χ1n) is 10.2. The summed E-state index contributed by atoms with van der Waals surface area (Å²) >= 11 is 0. The molecule has 0 spiro atoms. The van der Waals surface area contributed by atoms with Crippen molar-refractivity contribution in [3.63, 3.8) is 0 Å². The SMILES string of the molecule is CCN1C(C)CN(c2c(O)c(=[N+]3CC(C)N(CC)C(C)C3)c2=O)CC1C. The van der Waals surface area contributed by atoms with Crippen LogP contribution in [0.15, 0.2) is 4.79 Å². The van der Waals surface area contributed by atoms with Crippen LogP contribution in [0.2, 0.25) is 0 Å². The predicted octanol–water partition coefficient (Wildman–Crippen LogP) is 0.432. The van der Waals surface area contributed by atoms with Crippen LogP contribution < -0.4 is 20.3 Å². The van der Waals surface area contributed by atoms with Gasteiger partial charge in [-0.25, -0.2) is 4.58 Å². The summed E-state index contributed by atoms with van der Waals surface area (Å²) in [7, 11) is 0. The second-order valence-electron chi connectivity index (χ2n) is 8.24. The molecular formula is C20H35N4O2+. The maximum Gasteiger partial charge on any atom is 0.294 e. The minimum Gasteiger partial charge on any atom is -0.501 e. The summed E-state index contributed by atoms with van der Waals surface area (Å²) < 4.78 is 2.10. The van der Waals surface area contributed by atoms with Gasteiger partial charge in [0.25, 0.3) is 10.8 Å². The Labute approximate surface area is 157 Å². The van der Waals surface area contributed by atoms with Crippen molar-refractivity contribution in [1.82, 2.24) is 14.4 Å². The van der Waals surface area contributed by atoms with Crippen LogP contribution in [-0.2, 0) is 0 Å².